The summed E-state index contributed by atoms with van der Waals surface area (Å²) in [4.78, 5) is 6.46. The molecule has 1 saturated heterocycles. The molecule has 23 heavy (non-hydrogen) atoms. The second-order valence-corrected chi connectivity index (χ2v) is 6.74. The number of nitrogens with zero attached hydrogens (tertiary/aromatic N) is 5. The highest BCUT2D eigenvalue weighted by Crippen LogP contribution is 2.23. The van der Waals surface area contributed by atoms with Gasteiger partial charge in [-0.2, -0.15) is 5.10 Å². The van der Waals surface area contributed by atoms with E-state index in [0.717, 1.165) is 31.1 Å². The van der Waals surface area contributed by atoms with Crippen LogP contribution in [0.1, 0.15) is 13.3 Å². The van der Waals surface area contributed by atoms with E-state index < -0.39 is 0 Å². The molecule has 0 amide bonds. The molecule has 1 fully saturated rings. The van der Waals surface area contributed by atoms with Crippen molar-refractivity contribution in [1.29, 1.82) is 0 Å². The number of benzene rings is 1. The van der Waals surface area contributed by atoms with Gasteiger partial charge in [-0.3, -0.25) is 4.68 Å². The van der Waals surface area contributed by atoms with Crippen LogP contribution in [0.25, 0.3) is 0 Å². The molecule has 5 nitrogen and oxygen atoms in total. The molecule has 1 aromatic heterocycles. The third-order valence-electron chi connectivity index (χ3n) is 5.02. The molecular formula is C17H25ClN5+. The van der Waals surface area contributed by atoms with E-state index in [1.807, 2.05) is 16.8 Å². The normalized spacial score (nSPS) is 17.4. The molecule has 2 aromatic rings. The third-order valence-corrected chi connectivity index (χ3v) is 5.25. The van der Waals surface area contributed by atoms with Gasteiger partial charge < -0.3 is 9.38 Å². The second-order valence-electron chi connectivity index (χ2n) is 6.31. The summed E-state index contributed by atoms with van der Waals surface area (Å²) < 4.78 is 3.13. The van der Waals surface area contributed by atoms with Crippen LogP contribution < -0.4 is 4.90 Å². The van der Waals surface area contributed by atoms with E-state index >= 15 is 0 Å². The van der Waals surface area contributed by atoms with E-state index in [1.54, 1.807) is 12.7 Å². The summed E-state index contributed by atoms with van der Waals surface area (Å²) in [7, 11) is 0. The molecule has 2 heterocycles. The highest BCUT2D eigenvalue weighted by molar-refractivity contribution is 6.30. The molecule has 0 aliphatic carbocycles. The summed E-state index contributed by atoms with van der Waals surface area (Å²) in [5, 5.41) is 5.00. The number of hydrogen-bond acceptors (Lipinski definition) is 3. The van der Waals surface area contributed by atoms with E-state index in [4.69, 9.17) is 11.6 Å². The lowest BCUT2D eigenvalue weighted by molar-refractivity contribution is -0.927. The maximum atomic E-state index is 6.12. The summed E-state index contributed by atoms with van der Waals surface area (Å²) >= 11 is 6.12. The third kappa shape index (κ3) is 4.03. The van der Waals surface area contributed by atoms with E-state index in [9.17, 15) is 0 Å². The van der Waals surface area contributed by atoms with Crippen molar-refractivity contribution in [3.63, 3.8) is 0 Å². The molecule has 1 aliphatic heterocycles. The zero-order chi connectivity index (χ0) is 16.1. The number of quaternary nitrogens is 1. The van der Waals surface area contributed by atoms with Crippen molar-refractivity contribution in [1.82, 2.24) is 14.8 Å². The van der Waals surface area contributed by atoms with Crippen molar-refractivity contribution in [2.75, 3.05) is 44.2 Å². The minimum atomic E-state index is 0.817. The molecule has 0 spiro atoms. The van der Waals surface area contributed by atoms with Crippen LogP contribution >= 0.6 is 11.6 Å². The highest BCUT2D eigenvalue weighted by atomic mass is 35.5. The van der Waals surface area contributed by atoms with E-state index in [0.29, 0.717) is 0 Å². The smallest absolute Gasteiger partial charge is 0.137 e. The molecular weight excluding hydrogens is 310 g/mol. The molecule has 0 atom stereocenters. The Hall–Kier alpha value is -1.59. The zero-order valence-electron chi connectivity index (χ0n) is 13.7. The Labute approximate surface area is 143 Å². The zero-order valence-corrected chi connectivity index (χ0v) is 14.5. The van der Waals surface area contributed by atoms with Crippen LogP contribution in [0, 0.1) is 0 Å². The van der Waals surface area contributed by atoms with Crippen molar-refractivity contribution in [2.45, 2.75) is 19.9 Å². The summed E-state index contributed by atoms with van der Waals surface area (Å²) in [6, 6.07) is 8.19. The molecule has 1 aliphatic rings. The van der Waals surface area contributed by atoms with Gasteiger partial charge in [-0.15, -0.1) is 0 Å². The van der Waals surface area contributed by atoms with Gasteiger partial charge in [0.25, 0.3) is 0 Å². The van der Waals surface area contributed by atoms with Crippen LogP contribution in [0.2, 0.25) is 5.02 Å². The lowest BCUT2D eigenvalue weighted by Gasteiger charge is -2.45. The van der Waals surface area contributed by atoms with Gasteiger partial charge in [0, 0.05) is 23.7 Å². The number of aromatic nitrogens is 3. The first kappa shape index (κ1) is 16.3. The molecule has 0 radical (unpaired) electrons. The van der Waals surface area contributed by atoms with E-state index in [1.165, 1.54) is 36.3 Å². The molecule has 0 bridgehead atoms. The number of aryl methyl sites for hydroxylation is 1. The minimum Gasteiger partial charge on any atom is -0.360 e. The number of hydrogen-bond donors (Lipinski definition) is 0. The monoisotopic (exact) mass is 334 g/mol. The summed E-state index contributed by atoms with van der Waals surface area (Å²) in [5.74, 6) is 0. The van der Waals surface area contributed by atoms with Crippen LogP contribution in [0.5, 0.6) is 0 Å². The highest BCUT2D eigenvalue weighted by Gasteiger charge is 2.31. The SMILES string of the molecule is CC[N+]1(CCCn2cncn2)CCN(c2cccc(Cl)c2)CC1. The molecule has 0 unspecified atom stereocenters. The van der Waals surface area contributed by atoms with E-state index in [-0.39, 0.29) is 0 Å². The average molecular weight is 335 g/mol. The van der Waals surface area contributed by atoms with Crippen LogP contribution in [0.4, 0.5) is 5.69 Å². The van der Waals surface area contributed by atoms with Gasteiger partial charge in [0.05, 0.1) is 39.3 Å². The molecule has 3 rings (SSSR count). The first-order valence-electron chi connectivity index (χ1n) is 8.39. The first-order valence-corrected chi connectivity index (χ1v) is 8.77. The maximum absolute atomic E-state index is 6.12. The number of halogens is 1. The number of anilines is 1. The predicted octanol–water partition coefficient (Wildman–Crippen LogP) is 2.68. The molecule has 0 saturated carbocycles. The van der Waals surface area contributed by atoms with Crippen LogP contribution in [0.15, 0.2) is 36.9 Å². The topological polar surface area (TPSA) is 34.0 Å². The Kier molecular flexibility index (Phi) is 5.18. The Balaban J connectivity index is 1.54. The molecule has 6 heteroatoms. The van der Waals surface area contributed by atoms with Crippen LogP contribution in [-0.4, -0.2) is 58.5 Å². The second kappa shape index (κ2) is 7.32. The molecule has 1 aromatic carbocycles. The van der Waals surface area contributed by atoms with Crippen LogP contribution in [0.3, 0.4) is 0 Å². The van der Waals surface area contributed by atoms with Crippen molar-refractivity contribution in [3.05, 3.63) is 41.9 Å². The van der Waals surface area contributed by atoms with Gasteiger partial charge in [0.15, 0.2) is 0 Å². The van der Waals surface area contributed by atoms with Gasteiger partial charge in [0.2, 0.25) is 0 Å². The van der Waals surface area contributed by atoms with Crippen molar-refractivity contribution < 1.29 is 4.48 Å². The predicted molar refractivity (Wildman–Crippen MR) is 93.7 cm³/mol. The van der Waals surface area contributed by atoms with Gasteiger partial charge in [-0.25, -0.2) is 4.98 Å². The standard InChI is InChI=1S/C17H25ClN5/c1-2-23(10-4-7-22-15-19-14-20-22)11-8-21(9-12-23)17-6-3-5-16(18)13-17/h3,5-6,13-15H,2,4,7-12H2,1H3/q+1. The largest absolute Gasteiger partial charge is 0.360 e. The van der Waals surface area contributed by atoms with Crippen LogP contribution in [-0.2, 0) is 6.54 Å². The minimum absolute atomic E-state index is 0.817. The Morgan fingerprint density at radius 1 is 1.26 bits per heavy atom. The van der Waals surface area contributed by atoms with Gasteiger partial charge in [0.1, 0.15) is 12.7 Å². The Morgan fingerprint density at radius 3 is 2.74 bits per heavy atom. The average Bonchev–Trinajstić information content (AvgIpc) is 3.09. The fraction of sp³-hybridized carbons (Fsp3) is 0.529. The summed E-state index contributed by atoms with van der Waals surface area (Å²) in [6.45, 7) is 10.2. The van der Waals surface area contributed by atoms with E-state index in [2.05, 4.69) is 34.0 Å². The van der Waals surface area contributed by atoms with Crippen molar-refractivity contribution in [3.8, 4) is 0 Å². The number of rotatable bonds is 6. The van der Waals surface area contributed by atoms with Gasteiger partial charge >= 0.3 is 0 Å². The lowest BCUT2D eigenvalue weighted by atomic mass is 10.2. The quantitative estimate of drug-likeness (QED) is 0.762. The molecule has 124 valence electrons. The number of likely N-dealkylation sites (N-methyl/N-ethyl adjacent to an activating group) is 1. The maximum Gasteiger partial charge on any atom is 0.137 e. The van der Waals surface area contributed by atoms with Gasteiger partial charge in [-0.05, 0) is 25.1 Å². The molecule has 0 N–H and O–H groups in total. The summed E-state index contributed by atoms with van der Waals surface area (Å²) in [6.07, 6.45) is 4.55. The first-order chi connectivity index (χ1) is 11.2. The Morgan fingerprint density at radius 2 is 2.09 bits per heavy atom. The fourth-order valence-corrected chi connectivity index (χ4v) is 3.62. The number of piperazine rings is 1. The fourth-order valence-electron chi connectivity index (χ4n) is 3.43. The Bertz CT molecular complexity index is 605. The lowest BCUT2D eigenvalue weighted by Crippen LogP contribution is -2.60. The van der Waals surface area contributed by atoms with Crippen molar-refractivity contribution in [2.24, 2.45) is 0 Å². The summed E-state index contributed by atoms with van der Waals surface area (Å²) in [5.41, 5.74) is 1.24. The van der Waals surface area contributed by atoms with Crippen molar-refractivity contribution >= 4 is 17.3 Å². The van der Waals surface area contributed by atoms with Gasteiger partial charge in [-0.1, -0.05) is 17.7 Å².